The molecule has 5 nitrogen and oxygen atoms in total. The second kappa shape index (κ2) is 2.99. The zero-order valence-electron chi connectivity index (χ0n) is 7.50. The van der Waals surface area contributed by atoms with Crippen molar-refractivity contribution in [3.8, 4) is 0 Å². The van der Waals surface area contributed by atoms with Crippen molar-refractivity contribution in [2.75, 3.05) is 33.4 Å². The summed E-state index contributed by atoms with van der Waals surface area (Å²) in [7, 11) is 1.39. The van der Waals surface area contributed by atoms with E-state index < -0.39 is 5.41 Å². The van der Waals surface area contributed by atoms with Crippen LogP contribution in [0.3, 0.4) is 0 Å². The monoisotopic (exact) mass is 184 g/mol. The van der Waals surface area contributed by atoms with E-state index in [1.165, 1.54) is 7.11 Å². The lowest BCUT2D eigenvalue weighted by molar-refractivity contribution is -0.169. The number of carbonyl (C=O) groups excluding carboxylic acids is 1. The summed E-state index contributed by atoms with van der Waals surface area (Å²) < 4.78 is 9.78. The van der Waals surface area contributed by atoms with Gasteiger partial charge in [0.2, 0.25) is 0 Å². The van der Waals surface area contributed by atoms with Gasteiger partial charge in [0.05, 0.1) is 26.9 Å². The van der Waals surface area contributed by atoms with Crippen molar-refractivity contribution in [2.45, 2.75) is 0 Å². The highest BCUT2D eigenvalue weighted by molar-refractivity contribution is 6.07. The molecule has 2 aliphatic rings. The fourth-order valence-corrected chi connectivity index (χ4v) is 1.57. The summed E-state index contributed by atoms with van der Waals surface area (Å²) in [6.45, 7) is 2.29. The Morgan fingerprint density at radius 3 is 2.85 bits per heavy atom. The molecule has 2 heterocycles. The minimum absolute atomic E-state index is 0.257. The third-order valence-corrected chi connectivity index (χ3v) is 2.40. The highest BCUT2D eigenvalue weighted by Crippen LogP contribution is 2.30. The van der Waals surface area contributed by atoms with Gasteiger partial charge >= 0.3 is 5.97 Å². The summed E-state index contributed by atoms with van der Waals surface area (Å²) in [5.41, 5.74) is -0.634. The van der Waals surface area contributed by atoms with Crippen LogP contribution in [0.2, 0.25) is 0 Å². The number of aliphatic imine (C=N–C) groups is 1. The molecular weight excluding hydrogens is 172 g/mol. The first-order valence-electron chi connectivity index (χ1n) is 4.24. The van der Waals surface area contributed by atoms with Gasteiger partial charge in [0.15, 0.2) is 5.41 Å². The molecule has 0 aromatic rings. The molecule has 1 saturated heterocycles. The van der Waals surface area contributed by atoms with Gasteiger partial charge in [-0.15, -0.1) is 0 Å². The molecule has 0 atom stereocenters. The normalized spacial score (nSPS) is 24.2. The molecule has 2 aliphatic heterocycles. The van der Waals surface area contributed by atoms with Crippen LogP contribution < -0.4 is 5.32 Å². The lowest BCUT2D eigenvalue weighted by Crippen LogP contribution is -2.58. The first kappa shape index (κ1) is 8.50. The lowest BCUT2D eigenvalue weighted by atomic mass is 9.84. The molecule has 0 amide bonds. The number of hydrogen-bond donors (Lipinski definition) is 1. The zero-order chi connectivity index (χ0) is 9.31. The van der Waals surface area contributed by atoms with Crippen LogP contribution in [-0.2, 0) is 14.3 Å². The number of methoxy groups -OCH3 is 1. The molecule has 13 heavy (non-hydrogen) atoms. The zero-order valence-corrected chi connectivity index (χ0v) is 7.50. The van der Waals surface area contributed by atoms with Gasteiger partial charge in [0, 0.05) is 6.54 Å². The smallest absolute Gasteiger partial charge is 0.324 e. The van der Waals surface area contributed by atoms with Crippen molar-refractivity contribution >= 4 is 11.8 Å². The van der Waals surface area contributed by atoms with Crippen molar-refractivity contribution in [2.24, 2.45) is 10.4 Å². The first-order chi connectivity index (χ1) is 6.29. The summed E-state index contributed by atoms with van der Waals surface area (Å²) in [4.78, 5) is 15.7. The molecule has 0 aliphatic carbocycles. The van der Waals surface area contributed by atoms with E-state index in [4.69, 9.17) is 9.47 Å². The molecule has 0 unspecified atom stereocenters. The number of esters is 1. The van der Waals surface area contributed by atoms with Crippen LogP contribution in [0.5, 0.6) is 0 Å². The Balaban J connectivity index is 2.19. The number of hydrogen-bond acceptors (Lipinski definition) is 5. The fourth-order valence-electron chi connectivity index (χ4n) is 1.57. The molecule has 72 valence electrons. The van der Waals surface area contributed by atoms with Gasteiger partial charge in [-0.1, -0.05) is 0 Å². The van der Waals surface area contributed by atoms with E-state index in [1.54, 1.807) is 0 Å². The number of rotatable bonds is 2. The second-order valence-corrected chi connectivity index (χ2v) is 3.22. The number of nitrogens with one attached hydrogen (secondary N) is 1. The highest BCUT2D eigenvalue weighted by Gasteiger charge is 2.52. The molecule has 0 radical (unpaired) electrons. The van der Waals surface area contributed by atoms with Crippen LogP contribution in [0.25, 0.3) is 0 Å². The minimum Gasteiger partial charge on any atom is -0.468 e. The summed E-state index contributed by atoms with van der Waals surface area (Å²) in [6.07, 6.45) is 0. The molecular formula is C8H12N2O3. The van der Waals surface area contributed by atoms with Gasteiger partial charge in [0.25, 0.3) is 0 Å². The third-order valence-electron chi connectivity index (χ3n) is 2.40. The van der Waals surface area contributed by atoms with E-state index in [0.29, 0.717) is 13.2 Å². The standard InChI is InChI=1S/C8H12N2O3/c1-12-7(11)8(4-13-5-8)6-9-2-3-10-6/h2-5H2,1H3,(H,9,10). The van der Waals surface area contributed by atoms with Gasteiger partial charge in [-0.2, -0.15) is 0 Å². The molecule has 1 N–H and O–H groups in total. The second-order valence-electron chi connectivity index (χ2n) is 3.22. The summed E-state index contributed by atoms with van der Waals surface area (Å²) in [6, 6.07) is 0. The van der Waals surface area contributed by atoms with Crippen LogP contribution in [0.1, 0.15) is 0 Å². The van der Waals surface area contributed by atoms with E-state index in [9.17, 15) is 4.79 Å². The average Bonchev–Trinajstić information content (AvgIpc) is 2.55. The maximum absolute atomic E-state index is 11.5. The Bertz CT molecular complexity index is 258. The van der Waals surface area contributed by atoms with Gasteiger partial charge in [0.1, 0.15) is 5.84 Å². The topological polar surface area (TPSA) is 59.9 Å². The Morgan fingerprint density at radius 2 is 2.46 bits per heavy atom. The number of ether oxygens (including phenoxy) is 2. The number of nitrogens with zero attached hydrogens (tertiary/aromatic N) is 1. The number of amidine groups is 1. The maximum Gasteiger partial charge on any atom is 0.324 e. The van der Waals surface area contributed by atoms with Crippen LogP contribution in [-0.4, -0.2) is 45.2 Å². The molecule has 0 saturated carbocycles. The Hall–Kier alpha value is -1.10. The van der Waals surface area contributed by atoms with Crippen molar-refractivity contribution in [3.63, 3.8) is 0 Å². The Labute approximate surface area is 76.1 Å². The molecule has 0 spiro atoms. The van der Waals surface area contributed by atoms with Gasteiger partial charge in [-0.3, -0.25) is 9.79 Å². The quantitative estimate of drug-likeness (QED) is 0.569. The largest absolute Gasteiger partial charge is 0.468 e. The van der Waals surface area contributed by atoms with Crippen molar-refractivity contribution in [3.05, 3.63) is 0 Å². The first-order valence-corrected chi connectivity index (χ1v) is 4.24. The van der Waals surface area contributed by atoms with E-state index in [2.05, 4.69) is 10.3 Å². The molecule has 1 fully saturated rings. The predicted molar refractivity (Wildman–Crippen MR) is 45.6 cm³/mol. The van der Waals surface area contributed by atoms with Crippen LogP contribution in [0.4, 0.5) is 0 Å². The third kappa shape index (κ3) is 1.11. The fraction of sp³-hybridized carbons (Fsp3) is 0.750. The van der Waals surface area contributed by atoms with Crippen molar-refractivity contribution < 1.29 is 14.3 Å². The summed E-state index contributed by atoms with van der Waals surface area (Å²) in [5, 5.41) is 3.08. The van der Waals surface area contributed by atoms with E-state index in [1.807, 2.05) is 0 Å². The maximum atomic E-state index is 11.5. The molecule has 0 bridgehead atoms. The Morgan fingerprint density at radius 1 is 1.69 bits per heavy atom. The highest BCUT2D eigenvalue weighted by atomic mass is 16.5. The number of carbonyl (C=O) groups is 1. The average molecular weight is 184 g/mol. The van der Waals surface area contributed by atoms with Gasteiger partial charge in [-0.25, -0.2) is 0 Å². The van der Waals surface area contributed by atoms with Crippen molar-refractivity contribution in [1.29, 1.82) is 0 Å². The van der Waals surface area contributed by atoms with E-state index >= 15 is 0 Å². The molecule has 0 aromatic carbocycles. The summed E-state index contributed by atoms with van der Waals surface area (Å²) in [5.74, 6) is 0.470. The molecule has 5 heteroatoms. The Kier molecular flexibility index (Phi) is 1.95. The van der Waals surface area contributed by atoms with E-state index in [-0.39, 0.29) is 5.97 Å². The van der Waals surface area contributed by atoms with Gasteiger partial charge in [-0.05, 0) is 0 Å². The van der Waals surface area contributed by atoms with Crippen LogP contribution >= 0.6 is 0 Å². The van der Waals surface area contributed by atoms with Crippen LogP contribution in [0, 0.1) is 5.41 Å². The predicted octanol–water partition coefficient (Wildman–Crippen LogP) is -0.822. The molecule has 2 rings (SSSR count). The van der Waals surface area contributed by atoms with Crippen molar-refractivity contribution in [1.82, 2.24) is 5.32 Å². The van der Waals surface area contributed by atoms with Gasteiger partial charge < -0.3 is 14.8 Å². The lowest BCUT2D eigenvalue weighted by Gasteiger charge is -2.38. The van der Waals surface area contributed by atoms with Crippen LogP contribution in [0.15, 0.2) is 4.99 Å². The minimum atomic E-state index is -0.634. The van der Waals surface area contributed by atoms with E-state index in [0.717, 1.165) is 18.9 Å². The summed E-state index contributed by atoms with van der Waals surface area (Å²) >= 11 is 0. The SMILES string of the molecule is COC(=O)C1(C2=NCCN2)COC1. The molecule has 0 aromatic heterocycles.